The zero-order valence-corrected chi connectivity index (χ0v) is 8.95. The fourth-order valence-electron chi connectivity index (χ4n) is 3.36. The monoisotopic (exact) mass is 194 g/mol. The van der Waals surface area contributed by atoms with Crippen molar-refractivity contribution in [3.8, 4) is 0 Å². The maximum atomic E-state index is 5.97. The molecule has 3 unspecified atom stereocenters. The molecule has 1 saturated heterocycles. The highest BCUT2D eigenvalue weighted by Crippen LogP contribution is 2.61. The van der Waals surface area contributed by atoms with Crippen LogP contribution in [-0.2, 0) is 9.47 Å². The quantitative estimate of drug-likeness (QED) is 0.628. The minimum atomic E-state index is -0.0104. The largest absolute Gasteiger partial charge is 0.487 e. The van der Waals surface area contributed by atoms with Crippen LogP contribution in [0.3, 0.4) is 0 Å². The third-order valence-electron chi connectivity index (χ3n) is 4.33. The van der Waals surface area contributed by atoms with Crippen molar-refractivity contribution in [1.29, 1.82) is 0 Å². The summed E-state index contributed by atoms with van der Waals surface area (Å²) in [6.45, 7) is 8.89. The van der Waals surface area contributed by atoms with Gasteiger partial charge >= 0.3 is 0 Å². The Hall–Kier alpha value is -0.500. The second-order valence-electron chi connectivity index (χ2n) is 5.24. The fourth-order valence-corrected chi connectivity index (χ4v) is 3.36. The average Bonchev–Trinajstić information content (AvgIpc) is 2.84. The Morgan fingerprint density at radius 3 is 2.86 bits per heavy atom. The first-order chi connectivity index (χ1) is 6.63. The van der Waals surface area contributed by atoms with Crippen LogP contribution in [0, 0.1) is 17.8 Å². The molecule has 5 atom stereocenters. The van der Waals surface area contributed by atoms with E-state index in [2.05, 4.69) is 13.5 Å². The maximum absolute atomic E-state index is 5.97. The molecule has 0 aromatic carbocycles. The van der Waals surface area contributed by atoms with E-state index in [-0.39, 0.29) is 5.60 Å². The van der Waals surface area contributed by atoms with E-state index in [1.165, 1.54) is 12.8 Å². The van der Waals surface area contributed by atoms with Gasteiger partial charge in [-0.15, -0.1) is 0 Å². The van der Waals surface area contributed by atoms with E-state index in [9.17, 15) is 0 Å². The van der Waals surface area contributed by atoms with Crippen molar-refractivity contribution in [3.63, 3.8) is 0 Å². The topological polar surface area (TPSA) is 18.5 Å². The van der Waals surface area contributed by atoms with E-state index < -0.39 is 0 Å². The summed E-state index contributed by atoms with van der Waals surface area (Å²) in [6.07, 6.45) is 2.95. The van der Waals surface area contributed by atoms with Gasteiger partial charge in [-0.2, -0.15) is 0 Å². The first kappa shape index (κ1) is 8.78. The summed E-state index contributed by atoms with van der Waals surface area (Å²) >= 11 is 0. The zero-order chi connectivity index (χ0) is 9.92. The highest BCUT2D eigenvalue weighted by atomic mass is 16.6. The summed E-state index contributed by atoms with van der Waals surface area (Å²) in [5.74, 6) is 3.31. The number of allylic oxidation sites excluding steroid dienone is 1. The Labute approximate surface area is 85.3 Å². The smallest absolute Gasteiger partial charge is 0.160 e. The third kappa shape index (κ3) is 0.952. The van der Waals surface area contributed by atoms with Crippen molar-refractivity contribution in [1.82, 2.24) is 0 Å². The van der Waals surface area contributed by atoms with Gasteiger partial charge in [0, 0.05) is 5.92 Å². The lowest BCUT2D eigenvalue weighted by Crippen LogP contribution is -2.65. The molecule has 0 aromatic rings. The first-order valence-corrected chi connectivity index (χ1v) is 5.59. The minimum absolute atomic E-state index is 0.0104. The Bertz CT molecular complexity index is 286. The van der Waals surface area contributed by atoms with Crippen LogP contribution >= 0.6 is 0 Å². The van der Waals surface area contributed by atoms with Crippen molar-refractivity contribution in [2.24, 2.45) is 17.8 Å². The van der Waals surface area contributed by atoms with Gasteiger partial charge in [-0.05, 0) is 31.6 Å². The minimum Gasteiger partial charge on any atom is -0.487 e. The molecular weight excluding hydrogens is 176 g/mol. The molecule has 3 fully saturated rings. The lowest BCUT2D eigenvalue weighted by Gasteiger charge is -2.54. The number of hydrogen-bond donors (Lipinski definition) is 0. The third-order valence-corrected chi connectivity index (χ3v) is 4.33. The molecule has 1 heterocycles. The number of hydrogen-bond acceptors (Lipinski definition) is 2. The van der Waals surface area contributed by atoms with Gasteiger partial charge in [-0.25, -0.2) is 0 Å². The van der Waals surface area contributed by atoms with E-state index in [4.69, 9.17) is 9.47 Å². The second-order valence-corrected chi connectivity index (χ2v) is 5.24. The van der Waals surface area contributed by atoms with Crippen LogP contribution in [-0.4, -0.2) is 18.3 Å². The Morgan fingerprint density at radius 1 is 1.50 bits per heavy atom. The first-order valence-electron chi connectivity index (χ1n) is 5.59. The zero-order valence-electron chi connectivity index (χ0n) is 8.95. The lowest BCUT2D eigenvalue weighted by molar-refractivity contribution is -0.283. The van der Waals surface area contributed by atoms with Crippen LogP contribution in [0.15, 0.2) is 12.3 Å². The highest BCUT2D eigenvalue weighted by molar-refractivity contribution is 5.14. The van der Waals surface area contributed by atoms with Gasteiger partial charge in [0.1, 0.15) is 6.10 Å². The number of rotatable bonds is 2. The molecule has 3 aliphatic rings. The van der Waals surface area contributed by atoms with Crippen LogP contribution < -0.4 is 0 Å². The SMILES string of the molecule is C=C(C)O[C@@]12COC1CC1CC1[C@H]2C. The number of fused-ring (bicyclic) bond motifs is 2. The predicted octanol–water partition coefficient (Wildman–Crippen LogP) is 2.35. The Morgan fingerprint density at radius 2 is 2.29 bits per heavy atom. The van der Waals surface area contributed by atoms with E-state index >= 15 is 0 Å². The van der Waals surface area contributed by atoms with Gasteiger partial charge in [-0.1, -0.05) is 13.5 Å². The molecule has 2 nitrogen and oxygen atoms in total. The molecule has 0 radical (unpaired) electrons. The van der Waals surface area contributed by atoms with Crippen molar-refractivity contribution >= 4 is 0 Å². The molecule has 0 N–H and O–H groups in total. The summed E-state index contributed by atoms with van der Waals surface area (Å²) in [7, 11) is 0. The second kappa shape index (κ2) is 2.54. The molecule has 1 aliphatic heterocycles. The molecular formula is C12H18O2. The highest BCUT2D eigenvalue weighted by Gasteiger charge is 2.65. The lowest BCUT2D eigenvalue weighted by atomic mass is 9.71. The maximum Gasteiger partial charge on any atom is 0.160 e. The van der Waals surface area contributed by atoms with Gasteiger partial charge in [0.05, 0.1) is 12.4 Å². The molecule has 2 aliphatic carbocycles. The Kier molecular flexibility index (Phi) is 1.59. The molecule has 2 heteroatoms. The molecule has 0 amide bonds. The van der Waals surface area contributed by atoms with Gasteiger partial charge < -0.3 is 9.47 Å². The van der Waals surface area contributed by atoms with Gasteiger partial charge in [0.25, 0.3) is 0 Å². The van der Waals surface area contributed by atoms with E-state index in [1.54, 1.807) is 0 Å². The van der Waals surface area contributed by atoms with Gasteiger partial charge in [-0.3, -0.25) is 0 Å². The predicted molar refractivity (Wildman–Crippen MR) is 53.7 cm³/mol. The van der Waals surface area contributed by atoms with Crippen LogP contribution in [0.1, 0.15) is 26.7 Å². The van der Waals surface area contributed by atoms with Crippen LogP contribution in [0.5, 0.6) is 0 Å². The van der Waals surface area contributed by atoms with E-state index in [1.807, 2.05) is 6.92 Å². The summed E-state index contributed by atoms with van der Waals surface area (Å²) in [6, 6.07) is 0. The molecule has 0 aromatic heterocycles. The van der Waals surface area contributed by atoms with Crippen molar-refractivity contribution < 1.29 is 9.47 Å². The van der Waals surface area contributed by atoms with E-state index in [0.29, 0.717) is 12.0 Å². The molecule has 3 rings (SSSR count). The van der Waals surface area contributed by atoms with Crippen molar-refractivity contribution in [3.05, 3.63) is 12.3 Å². The molecule has 0 spiro atoms. The van der Waals surface area contributed by atoms with Crippen LogP contribution in [0.4, 0.5) is 0 Å². The van der Waals surface area contributed by atoms with Crippen molar-refractivity contribution in [2.75, 3.05) is 6.61 Å². The van der Waals surface area contributed by atoms with Crippen LogP contribution in [0.25, 0.3) is 0 Å². The molecule has 0 bridgehead atoms. The summed E-state index contributed by atoms with van der Waals surface area (Å²) in [4.78, 5) is 0. The van der Waals surface area contributed by atoms with Crippen molar-refractivity contribution in [2.45, 2.75) is 38.4 Å². The summed E-state index contributed by atoms with van der Waals surface area (Å²) in [5.41, 5.74) is -0.0104. The van der Waals surface area contributed by atoms with E-state index in [0.717, 1.165) is 24.2 Å². The standard InChI is InChI=1S/C12H18O2/c1-7(2)14-12-6-13-11(12)5-9-4-10(9)8(12)3/h8-11H,1,4-6H2,2-3H3/t8-,9?,10?,11?,12-/m1/s1. The summed E-state index contributed by atoms with van der Waals surface area (Å²) < 4.78 is 11.6. The van der Waals surface area contributed by atoms with Crippen LogP contribution in [0.2, 0.25) is 0 Å². The average molecular weight is 194 g/mol. The molecule has 14 heavy (non-hydrogen) atoms. The summed E-state index contributed by atoms with van der Waals surface area (Å²) in [5, 5.41) is 0. The normalized spacial score (nSPS) is 53.9. The van der Waals surface area contributed by atoms with Gasteiger partial charge in [0.2, 0.25) is 0 Å². The Balaban J connectivity index is 1.84. The van der Waals surface area contributed by atoms with Gasteiger partial charge in [0.15, 0.2) is 5.60 Å². The fraction of sp³-hybridized carbons (Fsp3) is 0.833. The molecule has 2 saturated carbocycles. The molecule has 78 valence electrons. The number of ether oxygens (including phenoxy) is 2.